The summed E-state index contributed by atoms with van der Waals surface area (Å²) in [5.74, 6) is 0.684. The molecule has 0 aliphatic heterocycles. The highest BCUT2D eigenvalue weighted by Gasteiger charge is 2.12. The van der Waals surface area contributed by atoms with Crippen LogP contribution in [0.5, 0.6) is 5.75 Å². The minimum absolute atomic E-state index is 0.0517. The number of ether oxygens (including phenoxy) is 1. The summed E-state index contributed by atoms with van der Waals surface area (Å²) in [6, 6.07) is 4.14. The number of nitrogens with zero attached hydrogens (tertiary/aromatic N) is 1. The normalized spacial score (nSPS) is 10.5. The number of non-ortho nitro benzene ring substituents is 1. The average molecular weight is 295 g/mol. The fourth-order valence-corrected chi connectivity index (χ4v) is 1.67. The topological polar surface area (TPSA) is 107 Å². The zero-order valence-corrected chi connectivity index (χ0v) is 12.3. The van der Waals surface area contributed by atoms with Crippen LogP contribution in [0.15, 0.2) is 18.2 Å². The molecule has 0 atom stereocenters. The van der Waals surface area contributed by atoms with Crippen LogP contribution in [-0.4, -0.2) is 24.0 Å². The fourth-order valence-electron chi connectivity index (χ4n) is 1.67. The molecule has 0 aliphatic rings. The lowest BCUT2D eigenvalue weighted by molar-refractivity contribution is -0.384. The molecule has 3 N–H and O–H groups in total. The fraction of sp³-hybridized carbons (Fsp3) is 0.500. The van der Waals surface area contributed by atoms with Crippen LogP contribution in [0, 0.1) is 16.0 Å². The van der Waals surface area contributed by atoms with E-state index in [0.717, 1.165) is 6.42 Å². The van der Waals surface area contributed by atoms with Gasteiger partial charge in [0, 0.05) is 30.8 Å². The van der Waals surface area contributed by atoms with Crippen molar-refractivity contribution in [2.75, 3.05) is 13.2 Å². The van der Waals surface area contributed by atoms with E-state index in [1.807, 2.05) is 0 Å². The van der Waals surface area contributed by atoms with Crippen molar-refractivity contribution < 1.29 is 14.5 Å². The van der Waals surface area contributed by atoms with E-state index in [-0.39, 0.29) is 24.7 Å². The van der Waals surface area contributed by atoms with Gasteiger partial charge in [-0.15, -0.1) is 0 Å². The molecule has 21 heavy (non-hydrogen) atoms. The minimum atomic E-state index is -0.498. The van der Waals surface area contributed by atoms with E-state index in [9.17, 15) is 14.9 Å². The summed E-state index contributed by atoms with van der Waals surface area (Å²) in [6.45, 7) is 4.72. The Morgan fingerprint density at radius 2 is 2.19 bits per heavy atom. The second-order valence-corrected chi connectivity index (χ2v) is 5.07. The van der Waals surface area contributed by atoms with Gasteiger partial charge >= 0.3 is 0 Å². The molecule has 1 rings (SSSR count). The van der Waals surface area contributed by atoms with Gasteiger partial charge in [-0.25, -0.2) is 0 Å². The molecule has 0 heterocycles. The minimum Gasteiger partial charge on any atom is -0.483 e. The quantitative estimate of drug-likeness (QED) is 0.559. The summed E-state index contributed by atoms with van der Waals surface area (Å²) in [4.78, 5) is 21.8. The number of nitro benzene ring substituents is 1. The maximum atomic E-state index is 11.6. The number of carbonyl (C=O) groups excluding carboxylic acids is 1. The third-order valence-corrected chi connectivity index (χ3v) is 2.88. The SMILES string of the molecule is CC(C)CCNC(=O)COc1ccc([N+](=O)[O-])cc1CN. The van der Waals surface area contributed by atoms with Crippen LogP contribution >= 0.6 is 0 Å². The summed E-state index contributed by atoms with van der Waals surface area (Å²) < 4.78 is 5.37. The van der Waals surface area contributed by atoms with Crippen molar-refractivity contribution in [2.45, 2.75) is 26.8 Å². The number of carbonyl (C=O) groups is 1. The lowest BCUT2D eigenvalue weighted by Crippen LogP contribution is -2.30. The van der Waals surface area contributed by atoms with Crippen molar-refractivity contribution in [3.05, 3.63) is 33.9 Å². The summed E-state index contributed by atoms with van der Waals surface area (Å²) >= 11 is 0. The maximum absolute atomic E-state index is 11.6. The predicted molar refractivity (Wildman–Crippen MR) is 78.9 cm³/mol. The lowest BCUT2D eigenvalue weighted by Gasteiger charge is -2.11. The van der Waals surface area contributed by atoms with E-state index >= 15 is 0 Å². The summed E-state index contributed by atoms with van der Waals surface area (Å²) in [5.41, 5.74) is 5.98. The van der Waals surface area contributed by atoms with Crippen LogP contribution in [0.25, 0.3) is 0 Å². The molecular formula is C14H21N3O4. The Bertz CT molecular complexity index is 503. The second kappa shape index (κ2) is 8.21. The number of nitrogens with two attached hydrogens (primary N) is 1. The molecular weight excluding hydrogens is 274 g/mol. The van der Waals surface area contributed by atoms with Crippen LogP contribution in [-0.2, 0) is 11.3 Å². The van der Waals surface area contributed by atoms with Crippen LogP contribution in [0.3, 0.4) is 0 Å². The van der Waals surface area contributed by atoms with E-state index in [1.165, 1.54) is 18.2 Å². The van der Waals surface area contributed by atoms with E-state index in [2.05, 4.69) is 19.2 Å². The second-order valence-electron chi connectivity index (χ2n) is 5.07. The zero-order valence-electron chi connectivity index (χ0n) is 12.3. The Hall–Kier alpha value is -2.15. The van der Waals surface area contributed by atoms with Crippen molar-refractivity contribution in [1.29, 1.82) is 0 Å². The monoisotopic (exact) mass is 295 g/mol. The molecule has 0 bridgehead atoms. The van der Waals surface area contributed by atoms with Crippen molar-refractivity contribution in [2.24, 2.45) is 11.7 Å². The summed E-state index contributed by atoms with van der Waals surface area (Å²) in [5, 5.41) is 13.4. The maximum Gasteiger partial charge on any atom is 0.270 e. The van der Waals surface area contributed by atoms with Gasteiger partial charge in [-0.05, 0) is 18.4 Å². The molecule has 116 valence electrons. The van der Waals surface area contributed by atoms with Crippen LogP contribution in [0.4, 0.5) is 5.69 Å². The van der Waals surface area contributed by atoms with Gasteiger partial charge in [0.05, 0.1) is 4.92 Å². The molecule has 7 nitrogen and oxygen atoms in total. The number of nitro groups is 1. The van der Waals surface area contributed by atoms with Crippen molar-refractivity contribution in [3.8, 4) is 5.75 Å². The number of nitrogens with one attached hydrogen (secondary N) is 1. The standard InChI is InChI=1S/C14H21N3O4/c1-10(2)5-6-16-14(18)9-21-13-4-3-12(17(19)20)7-11(13)8-15/h3-4,7,10H,5-6,8-9,15H2,1-2H3,(H,16,18). The van der Waals surface area contributed by atoms with Gasteiger partial charge in [0.25, 0.3) is 11.6 Å². The molecule has 0 aromatic heterocycles. The van der Waals surface area contributed by atoms with Crippen LogP contribution in [0.1, 0.15) is 25.8 Å². The predicted octanol–water partition coefficient (Wildman–Crippen LogP) is 1.59. The van der Waals surface area contributed by atoms with Crippen molar-refractivity contribution in [1.82, 2.24) is 5.32 Å². The molecule has 0 radical (unpaired) electrons. The largest absolute Gasteiger partial charge is 0.483 e. The van der Waals surface area contributed by atoms with Gasteiger partial charge in [-0.1, -0.05) is 13.8 Å². The molecule has 1 aromatic rings. The third kappa shape index (κ3) is 5.78. The Morgan fingerprint density at radius 3 is 2.76 bits per heavy atom. The van der Waals surface area contributed by atoms with E-state index < -0.39 is 4.92 Å². The summed E-state index contributed by atoms with van der Waals surface area (Å²) in [7, 11) is 0. The lowest BCUT2D eigenvalue weighted by atomic mass is 10.1. The highest BCUT2D eigenvalue weighted by molar-refractivity contribution is 5.77. The van der Waals surface area contributed by atoms with Gasteiger partial charge in [-0.2, -0.15) is 0 Å². The molecule has 0 saturated carbocycles. The number of hydrogen-bond donors (Lipinski definition) is 2. The highest BCUT2D eigenvalue weighted by Crippen LogP contribution is 2.23. The molecule has 1 amide bonds. The Kier molecular flexibility index (Phi) is 6.61. The number of amides is 1. The number of hydrogen-bond acceptors (Lipinski definition) is 5. The van der Waals surface area contributed by atoms with E-state index in [1.54, 1.807) is 0 Å². The molecule has 0 fully saturated rings. The van der Waals surface area contributed by atoms with Crippen molar-refractivity contribution in [3.63, 3.8) is 0 Å². The molecule has 7 heteroatoms. The Labute approximate surface area is 123 Å². The van der Waals surface area contributed by atoms with Crippen LogP contribution < -0.4 is 15.8 Å². The molecule has 0 saturated heterocycles. The molecule has 1 aromatic carbocycles. The average Bonchev–Trinajstić information content (AvgIpc) is 2.44. The van der Waals surface area contributed by atoms with E-state index in [4.69, 9.17) is 10.5 Å². The van der Waals surface area contributed by atoms with Gasteiger partial charge in [0.15, 0.2) is 6.61 Å². The van der Waals surface area contributed by atoms with E-state index in [0.29, 0.717) is 23.8 Å². The van der Waals surface area contributed by atoms with Gasteiger partial charge in [0.1, 0.15) is 5.75 Å². The molecule has 0 aliphatic carbocycles. The number of benzene rings is 1. The van der Waals surface area contributed by atoms with Gasteiger partial charge in [0.2, 0.25) is 0 Å². The summed E-state index contributed by atoms with van der Waals surface area (Å²) in [6.07, 6.45) is 0.900. The first-order valence-corrected chi connectivity index (χ1v) is 6.81. The molecule has 0 unspecified atom stereocenters. The van der Waals surface area contributed by atoms with Gasteiger partial charge in [-0.3, -0.25) is 14.9 Å². The first kappa shape index (κ1) is 16.9. The van der Waals surface area contributed by atoms with Crippen molar-refractivity contribution >= 4 is 11.6 Å². The first-order valence-electron chi connectivity index (χ1n) is 6.81. The Morgan fingerprint density at radius 1 is 1.48 bits per heavy atom. The first-order chi connectivity index (χ1) is 9.93. The highest BCUT2D eigenvalue weighted by atomic mass is 16.6. The smallest absolute Gasteiger partial charge is 0.270 e. The Balaban J connectivity index is 2.55. The number of rotatable bonds is 8. The zero-order chi connectivity index (χ0) is 15.8. The van der Waals surface area contributed by atoms with Gasteiger partial charge < -0.3 is 15.8 Å². The third-order valence-electron chi connectivity index (χ3n) is 2.88. The molecule has 0 spiro atoms. The van der Waals surface area contributed by atoms with Crippen LogP contribution in [0.2, 0.25) is 0 Å².